The minimum Gasteiger partial charge on any atom is -0.478 e. The van der Waals surface area contributed by atoms with E-state index in [4.69, 9.17) is 9.84 Å². The fraction of sp³-hybridized carbons (Fsp3) is 0.125. The first-order chi connectivity index (χ1) is 10.2. The van der Waals surface area contributed by atoms with Crippen LogP contribution in [0.5, 0.6) is 5.75 Å². The summed E-state index contributed by atoms with van der Waals surface area (Å²) in [6, 6.07) is 10.0. The molecule has 0 saturated heterocycles. The van der Waals surface area contributed by atoms with Crippen molar-refractivity contribution in [3.63, 3.8) is 0 Å². The Bertz CT molecular complexity index is 735. The molecule has 5 nitrogen and oxygen atoms in total. The molecule has 0 aromatic heterocycles. The molecule has 3 rings (SSSR count). The summed E-state index contributed by atoms with van der Waals surface area (Å²) < 4.78 is 4.83. The Labute approximate surface area is 120 Å². The van der Waals surface area contributed by atoms with Gasteiger partial charge in [0.05, 0.1) is 12.2 Å². The van der Waals surface area contributed by atoms with Crippen LogP contribution in [0.15, 0.2) is 36.4 Å². The quantitative estimate of drug-likeness (QED) is 0.839. The molecule has 2 N–H and O–H groups in total. The maximum atomic E-state index is 11.1. The number of hydrogen-bond acceptors (Lipinski definition) is 4. The van der Waals surface area contributed by atoms with E-state index in [1.165, 1.54) is 0 Å². The van der Waals surface area contributed by atoms with Crippen molar-refractivity contribution in [3.8, 4) is 16.9 Å². The highest BCUT2D eigenvalue weighted by atomic mass is 16.5. The summed E-state index contributed by atoms with van der Waals surface area (Å²) in [5.74, 6) is -0.923. The number of ether oxygens (including phenoxy) is 1. The molecule has 0 aliphatic heterocycles. The number of carbonyl (C=O) groups is 2. The third-order valence-corrected chi connectivity index (χ3v) is 3.73. The lowest BCUT2D eigenvalue weighted by Gasteiger charge is -2.10. The molecule has 0 saturated carbocycles. The van der Waals surface area contributed by atoms with Crippen LogP contribution in [-0.4, -0.2) is 29.3 Å². The van der Waals surface area contributed by atoms with Crippen LogP contribution in [-0.2, 0) is 4.79 Å². The van der Waals surface area contributed by atoms with Crippen LogP contribution >= 0.6 is 0 Å². The molecule has 0 radical (unpaired) electrons. The van der Waals surface area contributed by atoms with Gasteiger partial charge < -0.3 is 14.9 Å². The minimum atomic E-state index is -1.00. The van der Waals surface area contributed by atoms with Crippen LogP contribution in [0.2, 0.25) is 0 Å². The minimum absolute atomic E-state index is 0.145. The van der Waals surface area contributed by atoms with E-state index in [2.05, 4.69) is 0 Å². The molecular formula is C16H12O5. The van der Waals surface area contributed by atoms with Gasteiger partial charge in [-0.1, -0.05) is 12.1 Å². The Hall–Kier alpha value is -2.66. The van der Waals surface area contributed by atoms with Gasteiger partial charge in [-0.25, -0.2) is 4.79 Å². The van der Waals surface area contributed by atoms with Gasteiger partial charge in [-0.05, 0) is 46.5 Å². The van der Waals surface area contributed by atoms with Crippen molar-refractivity contribution in [1.29, 1.82) is 0 Å². The summed E-state index contributed by atoms with van der Waals surface area (Å²) in [4.78, 5) is 21.5. The van der Waals surface area contributed by atoms with Gasteiger partial charge in [0.15, 0.2) is 0 Å². The molecule has 0 heterocycles. The zero-order chi connectivity index (χ0) is 15.0. The van der Waals surface area contributed by atoms with Gasteiger partial charge >= 0.3 is 5.97 Å². The highest BCUT2D eigenvalue weighted by molar-refractivity contribution is 5.90. The normalized spacial score (nSPS) is 15.2. The van der Waals surface area contributed by atoms with E-state index < -0.39 is 5.97 Å². The molecule has 1 unspecified atom stereocenters. The first kappa shape index (κ1) is 13.3. The average Bonchev–Trinajstić information content (AvgIpc) is 2.79. The predicted molar refractivity (Wildman–Crippen MR) is 74.5 cm³/mol. The molecule has 1 aliphatic rings. The highest BCUT2D eigenvalue weighted by Crippen LogP contribution is 2.46. The molecule has 2 aromatic carbocycles. The van der Waals surface area contributed by atoms with Gasteiger partial charge in [0.2, 0.25) is 0 Å². The van der Waals surface area contributed by atoms with Crippen LogP contribution in [0.3, 0.4) is 0 Å². The fourth-order valence-corrected chi connectivity index (χ4v) is 2.80. The second-order valence-electron chi connectivity index (χ2n) is 4.81. The topological polar surface area (TPSA) is 83.8 Å². The summed E-state index contributed by atoms with van der Waals surface area (Å²) in [7, 11) is 0. The van der Waals surface area contributed by atoms with Gasteiger partial charge in [-0.2, -0.15) is 0 Å². The van der Waals surface area contributed by atoms with Gasteiger partial charge in [-0.15, -0.1) is 0 Å². The van der Waals surface area contributed by atoms with Crippen LogP contribution in [0.4, 0.5) is 0 Å². The summed E-state index contributed by atoms with van der Waals surface area (Å²) in [6.07, 6.45) is 0. The van der Waals surface area contributed by atoms with Crippen molar-refractivity contribution in [1.82, 2.24) is 0 Å². The number of rotatable bonds is 4. The maximum Gasteiger partial charge on any atom is 0.335 e. The molecule has 21 heavy (non-hydrogen) atoms. The summed E-state index contributed by atoms with van der Waals surface area (Å²) in [5.41, 5.74) is 3.60. The molecule has 0 amide bonds. The molecule has 1 atom stereocenters. The fourth-order valence-electron chi connectivity index (χ4n) is 2.80. The van der Waals surface area contributed by atoms with Crippen LogP contribution in [0.25, 0.3) is 11.1 Å². The van der Waals surface area contributed by atoms with E-state index in [1.807, 2.05) is 6.07 Å². The number of benzene rings is 2. The Morgan fingerprint density at radius 2 is 1.81 bits per heavy atom. The summed E-state index contributed by atoms with van der Waals surface area (Å²) in [5, 5.41) is 18.7. The predicted octanol–water partition coefficient (Wildman–Crippen LogP) is 2.02. The third kappa shape index (κ3) is 2.08. The lowest BCUT2D eigenvalue weighted by molar-refractivity contribution is -0.120. The monoisotopic (exact) mass is 284 g/mol. The van der Waals surface area contributed by atoms with E-state index in [0.29, 0.717) is 12.2 Å². The first-order valence-electron chi connectivity index (χ1n) is 6.38. The lowest BCUT2D eigenvalue weighted by Crippen LogP contribution is -2.04. The third-order valence-electron chi connectivity index (χ3n) is 3.73. The Morgan fingerprint density at radius 3 is 2.43 bits per heavy atom. The van der Waals surface area contributed by atoms with Gasteiger partial charge in [-0.3, -0.25) is 4.79 Å². The van der Waals surface area contributed by atoms with Crippen LogP contribution in [0, 0.1) is 0 Å². The number of hydrogen-bond donors (Lipinski definition) is 2. The summed E-state index contributed by atoms with van der Waals surface area (Å²) in [6.45, 7) is 0.202. The largest absolute Gasteiger partial charge is 0.478 e. The average molecular weight is 284 g/mol. The molecular weight excluding hydrogens is 272 g/mol. The van der Waals surface area contributed by atoms with E-state index >= 15 is 0 Å². The Kier molecular flexibility index (Phi) is 3.19. The number of aliphatic hydroxyl groups excluding tert-OH is 1. The Balaban J connectivity index is 2.15. The number of carboxylic acids is 1. The number of carboxylic acid groups (broad SMARTS) is 1. The maximum absolute atomic E-state index is 11.1. The molecule has 0 fully saturated rings. The molecule has 5 heteroatoms. The van der Waals surface area contributed by atoms with E-state index in [9.17, 15) is 14.7 Å². The molecule has 1 aliphatic carbocycles. The zero-order valence-electron chi connectivity index (χ0n) is 10.9. The van der Waals surface area contributed by atoms with Crippen molar-refractivity contribution in [2.24, 2.45) is 0 Å². The van der Waals surface area contributed by atoms with Gasteiger partial charge in [0.25, 0.3) is 6.47 Å². The SMILES string of the molecule is O=COc1ccc2c(c1)C(CO)c1cc(C(=O)O)ccc1-2. The molecule has 106 valence electrons. The number of aromatic carboxylic acids is 1. The Morgan fingerprint density at radius 1 is 1.14 bits per heavy atom. The van der Waals surface area contributed by atoms with Crippen molar-refractivity contribution < 1.29 is 24.5 Å². The smallest absolute Gasteiger partial charge is 0.335 e. The van der Waals surface area contributed by atoms with Gasteiger partial charge in [0.1, 0.15) is 5.75 Å². The second-order valence-corrected chi connectivity index (χ2v) is 4.81. The van der Waals surface area contributed by atoms with Crippen molar-refractivity contribution >= 4 is 12.4 Å². The lowest BCUT2D eigenvalue weighted by atomic mass is 9.96. The first-order valence-corrected chi connectivity index (χ1v) is 6.38. The van der Waals surface area contributed by atoms with Gasteiger partial charge in [0, 0.05) is 5.92 Å². The number of carbonyl (C=O) groups excluding carboxylic acids is 1. The van der Waals surface area contributed by atoms with E-state index in [-0.39, 0.29) is 18.1 Å². The number of aliphatic hydroxyl groups is 1. The molecule has 0 spiro atoms. The second kappa shape index (κ2) is 5.03. The molecule has 2 aromatic rings. The molecule has 0 bridgehead atoms. The van der Waals surface area contributed by atoms with E-state index in [0.717, 1.165) is 22.3 Å². The van der Waals surface area contributed by atoms with Crippen LogP contribution in [0.1, 0.15) is 27.4 Å². The van der Waals surface area contributed by atoms with Crippen LogP contribution < -0.4 is 4.74 Å². The zero-order valence-corrected chi connectivity index (χ0v) is 10.9. The summed E-state index contributed by atoms with van der Waals surface area (Å²) >= 11 is 0. The van der Waals surface area contributed by atoms with E-state index in [1.54, 1.807) is 30.3 Å². The highest BCUT2D eigenvalue weighted by Gasteiger charge is 2.29. The number of fused-ring (bicyclic) bond motifs is 3. The van der Waals surface area contributed by atoms with Crippen molar-refractivity contribution in [3.05, 3.63) is 53.1 Å². The van der Waals surface area contributed by atoms with Crippen molar-refractivity contribution in [2.75, 3.05) is 6.61 Å². The van der Waals surface area contributed by atoms with Crippen molar-refractivity contribution in [2.45, 2.75) is 5.92 Å². The standard InChI is InChI=1S/C16H12O5/c17-7-15-13-5-9(16(19)20)1-3-11(13)12-4-2-10(21-8-18)6-14(12)15/h1-6,8,15,17H,7H2,(H,19,20).